The van der Waals surface area contributed by atoms with Gasteiger partial charge in [-0.05, 0) is 24.3 Å². The number of nitro groups is 1. The molecule has 108 valence electrons. The van der Waals surface area contributed by atoms with E-state index < -0.39 is 28.1 Å². The summed E-state index contributed by atoms with van der Waals surface area (Å²) in [6, 6.07) is 4.81. The van der Waals surface area contributed by atoms with Crippen molar-refractivity contribution in [3.05, 3.63) is 69.5 Å². The van der Waals surface area contributed by atoms with Crippen molar-refractivity contribution in [2.75, 3.05) is 0 Å². The highest BCUT2D eigenvalue weighted by molar-refractivity contribution is 6.09. The van der Waals surface area contributed by atoms with E-state index in [1.54, 1.807) is 0 Å². The lowest BCUT2D eigenvalue weighted by molar-refractivity contribution is -0.388. The highest BCUT2D eigenvalue weighted by Gasteiger charge is 2.38. The van der Waals surface area contributed by atoms with Crippen LogP contribution in [0.2, 0.25) is 0 Å². The molecule has 0 aliphatic heterocycles. The summed E-state index contributed by atoms with van der Waals surface area (Å²) in [7, 11) is 0. The van der Waals surface area contributed by atoms with Gasteiger partial charge in [-0.25, -0.2) is 0 Å². The van der Waals surface area contributed by atoms with Crippen molar-refractivity contribution in [2.24, 2.45) is 0 Å². The van der Waals surface area contributed by atoms with Gasteiger partial charge in [-0.3, -0.25) is 19.9 Å². The van der Waals surface area contributed by atoms with Gasteiger partial charge < -0.3 is 0 Å². The fraction of sp³-hybridized carbons (Fsp3) is 0.0769. The number of carbonyl (C=O) groups excluding carboxylic acids is 1. The Morgan fingerprint density at radius 3 is 2.24 bits per heavy atom. The van der Waals surface area contributed by atoms with Crippen molar-refractivity contribution in [3.63, 3.8) is 0 Å². The van der Waals surface area contributed by atoms with Crippen molar-refractivity contribution in [2.45, 2.75) is 6.18 Å². The number of hydrogen-bond acceptors (Lipinski definition) is 4. The zero-order chi connectivity index (χ0) is 15.6. The van der Waals surface area contributed by atoms with Crippen molar-refractivity contribution < 1.29 is 22.9 Å². The molecule has 0 radical (unpaired) electrons. The van der Waals surface area contributed by atoms with Gasteiger partial charge in [-0.15, -0.1) is 0 Å². The number of aromatic nitrogens is 1. The zero-order valence-corrected chi connectivity index (χ0v) is 10.3. The van der Waals surface area contributed by atoms with Crippen LogP contribution in [0.5, 0.6) is 0 Å². The minimum atomic E-state index is -4.86. The number of rotatable bonds is 3. The van der Waals surface area contributed by atoms with Crippen LogP contribution in [0.25, 0.3) is 0 Å². The molecule has 8 heteroatoms. The van der Waals surface area contributed by atoms with Gasteiger partial charge in [0.2, 0.25) is 0 Å². The van der Waals surface area contributed by atoms with Crippen LogP contribution in [-0.4, -0.2) is 15.7 Å². The SMILES string of the molecule is O=C(c1ccncc1)c1ccc(C(F)(F)F)c([N+](=O)[O-])c1. The van der Waals surface area contributed by atoms with Crippen LogP contribution in [0.3, 0.4) is 0 Å². The number of ketones is 1. The van der Waals surface area contributed by atoms with Crippen LogP contribution in [0, 0.1) is 10.1 Å². The van der Waals surface area contributed by atoms with E-state index in [9.17, 15) is 28.1 Å². The third-order valence-corrected chi connectivity index (χ3v) is 2.70. The molecular formula is C13H7F3N2O3. The lowest BCUT2D eigenvalue weighted by atomic mass is 10.0. The van der Waals surface area contributed by atoms with E-state index in [2.05, 4.69) is 4.98 Å². The quantitative estimate of drug-likeness (QED) is 0.495. The molecule has 0 saturated carbocycles. The molecule has 2 rings (SSSR count). The average Bonchev–Trinajstić information content (AvgIpc) is 2.45. The Hall–Kier alpha value is -2.77. The number of halogens is 3. The normalized spacial score (nSPS) is 11.2. The lowest BCUT2D eigenvalue weighted by Gasteiger charge is -2.08. The standard InChI is InChI=1S/C13H7F3N2O3/c14-13(15,16)10-2-1-9(7-11(10)18(20)21)12(19)8-3-5-17-6-4-8/h1-7H. The molecule has 0 saturated heterocycles. The fourth-order valence-corrected chi connectivity index (χ4v) is 1.73. The summed E-state index contributed by atoms with van der Waals surface area (Å²) < 4.78 is 38.0. The first-order valence-electron chi connectivity index (χ1n) is 5.61. The van der Waals surface area contributed by atoms with E-state index >= 15 is 0 Å². The summed E-state index contributed by atoms with van der Waals surface area (Å²) >= 11 is 0. The molecule has 0 bridgehead atoms. The molecule has 0 aliphatic rings. The number of pyridine rings is 1. The number of benzene rings is 1. The molecule has 1 heterocycles. The molecule has 5 nitrogen and oxygen atoms in total. The maximum Gasteiger partial charge on any atom is 0.422 e. The minimum Gasteiger partial charge on any atom is -0.289 e. The lowest BCUT2D eigenvalue weighted by Crippen LogP contribution is -2.10. The smallest absolute Gasteiger partial charge is 0.289 e. The Morgan fingerprint density at radius 2 is 1.71 bits per heavy atom. The molecule has 0 fully saturated rings. The number of nitro benzene ring substituents is 1. The van der Waals surface area contributed by atoms with Gasteiger partial charge in [-0.2, -0.15) is 13.2 Å². The van der Waals surface area contributed by atoms with Gasteiger partial charge in [0.05, 0.1) is 4.92 Å². The van der Waals surface area contributed by atoms with Gasteiger partial charge in [0.15, 0.2) is 5.78 Å². The van der Waals surface area contributed by atoms with E-state index in [0.29, 0.717) is 12.1 Å². The van der Waals surface area contributed by atoms with Crippen molar-refractivity contribution in [1.29, 1.82) is 0 Å². The predicted molar refractivity (Wildman–Crippen MR) is 65.8 cm³/mol. The molecule has 0 aliphatic carbocycles. The summed E-state index contributed by atoms with van der Waals surface area (Å²) in [6.45, 7) is 0. The molecular weight excluding hydrogens is 289 g/mol. The Bertz CT molecular complexity index is 700. The van der Waals surface area contributed by atoms with E-state index in [1.807, 2.05) is 0 Å². The van der Waals surface area contributed by atoms with Gasteiger partial charge >= 0.3 is 6.18 Å². The predicted octanol–water partition coefficient (Wildman–Crippen LogP) is 3.24. The van der Waals surface area contributed by atoms with Crippen LogP contribution in [0.15, 0.2) is 42.7 Å². The highest BCUT2D eigenvalue weighted by atomic mass is 19.4. The van der Waals surface area contributed by atoms with Crippen LogP contribution in [-0.2, 0) is 6.18 Å². The third-order valence-electron chi connectivity index (χ3n) is 2.70. The average molecular weight is 296 g/mol. The van der Waals surface area contributed by atoms with E-state index in [4.69, 9.17) is 0 Å². The van der Waals surface area contributed by atoms with Crippen molar-refractivity contribution in [3.8, 4) is 0 Å². The summed E-state index contributed by atoms with van der Waals surface area (Å²) in [5, 5.41) is 10.8. The Balaban J connectivity index is 2.51. The van der Waals surface area contributed by atoms with Crippen molar-refractivity contribution in [1.82, 2.24) is 4.98 Å². The Labute approximate surface area is 116 Å². The second-order valence-electron chi connectivity index (χ2n) is 4.05. The Morgan fingerprint density at radius 1 is 1.10 bits per heavy atom. The maximum atomic E-state index is 12.7. The largest absolute Gasteiger partial charge is 0.422 e. The summed E-state index contributed by atoms with van der Waals surface area (Å²) in [6.07, 6.45) is -2.18. The summed E-state index contributed by atoms with van der Waals surface area (Å²) in [5.74, 6) is -0.616. The molecule has 0 unspecified atom stereocenters. The fourth-order valence-electron chi connectivity index (χ4n) is 1.73. The van der Waals surface area contributed by atoms with Gasteiger partial charge in [0.1, 0.15) is 5.56 Å². The highest BCUT2D eigenvalue weighted by Crippen LogP contribution is 2.36. The van der Waals surface area contributed by atoms with Crippen LogP contribution < -0.4 is 0 Å². The summed E-state index contributed by atoms with van der Waals surface area (Å²) in [5.41, 5.74) is -2.55. The number of nitrogens with zero attached hydrogens (tertiary/aromatic N) is 2. The zero-order valence-electron chi connectivity index (χ0n) is 10.3. The minimum absolute atomic E-state index is 0.180. The number of carbonyl (C=O) groups is 1. The van der Waals surface area contributed by atoms with Crippen molar-refractivity contribution >= 4 is 11.5 Å². The van der Waals surface area contributed by atoms with Gasteiger partial charge in [0.25, 0.3) is 5.69 Å². The van der Waals surface area contributed by atoms with Crippen LogP contribution in [0.1, 0.15) is 21.5 Å². The van der Waals surface area contributed by atoms with Gasteiger partial charge in [-0.1, -0.05) is 0 Å². The van der Waals surface area contributed by atoms with Gasteiger partial charge in [0, 0.05) is 29.6 Å². The third kappa shape index (κ3) is 3.04. The molecule has 1 aromatic heterocycles. The first-order valence-corrected chi connectivity index (χ1v) is 5.61. The first kappa shape index (κ1) is 14.6. The topological polar surface area (TPSA) is 73.1 Å². The molecule has 1 aromatic carbocycles. The molecule has 21 heavy (non-hydrogen) atoms. The molecule has 0 amide bonds. The Kier molecular flexibility index (Phi) is 3.70. The molecule has 0 N–H and O–H groups in total. The summed E-state index contributed by atoms with van der Waals surface area (Å²) in [4.78, 5) is 25.4. The van der Waals surface area contributed by atoms with E-state index in [0.717, 1.165) is 6.07 Å². The molecule has 0 atom stereocenters. The van der Waals surface area contributed by atoms with E-state index in [1.165, 1.54) is 24.5 Å². The monoisotopic (exact) mass is 296 g/mol. The first-order chi connectivity index (χ1) is 9.80. The van der Waals surface area contributed by atoms with E-state index in [-0.39, 0.29) is 11.1 Å². The maximum absolute atomic E-state index is 12.7. The second-order valence-corrected chi connectivity index (χ2v) is 4.05. The van der Waals surface area contributed by atoms with Crippen LogP contribution >= 0.6 is 0 Å². The number of hydrogen-bond donors (Lipinski definition) is 0. The number of alkyl halides is 3. The second kappa shape index (κ2) is 5.31. The van der Waals surface area contributed by atoms with Crippen LogP contribution in [0.4, 0.5) is 18.9 Å². The molecule has 2 aromatic rings. The molecule has 0 spiro atoms.